The molecule has 0 aliphatic rings. The first-order valence-corrected chi connectivity index (χ1v) is 9.92. The average Bonchev–Trinajstić information content (AvgIpc) is 3.37. The molecule has 5 aromatic rings. The number of hydrogen-bond donors (Lipinski definition) is 1. The monoisotopic (exact) mass is 404 g/mol. The van der Waals surface area contributed by atoms with E-state index in [1.165, 1.54) is 11.8 Å². The molecular weight excluding hydrogens is 388 g/mol. The van der Waals surface area contributed by atoms with Gasteiger partial charge >= 0.3 is 0 Å². The summed E-state index contributed by atoms with van der Waals surface area (Å²) in [6, 6.07) is 15.3. The summed E-state index contributed by atoms with van der Waals surface area (Å²) < 4.78 is 12.9. The first-order chi connectivity index (χ1) is 14.2. The molecule has 0 atom stereocenters. The standard InChI is InChI=1S/C21H16N4O3S/c1-27-14-6-4-5-13(11-14)25-10-9-22-21(25)29-12-17-23-18-15-7-2-3-8-16(15)28-19(18)20(26)24-17/h2-11H,12H2,1H3,(H,23,24,26). The lowest BCUT2D eigenvalue weighted by Gasteiger charge is -2.09. The summed E-state index contributed by atoms with van der Waals surface area (Å²) in [5.41, 5.74) is 2.15. The quantitative estimate of drug-likeness (QED) is 0.443. The molecule has 29 heavy (non-hydrogen) atoms. The van der Waals surface area contributed by atoms with Gasteiger partial charge in [-0.15, -0.1) is 0 Å². The predicted molar refractivity (Wildman–Crippen MR) is 112 cm³/mol. The topological polar surface area (TPSA) is 85.9 Å². The van der Waals surface area contributed by atoms with Crippen molar-refractivity contribution in [3.63, 3.8) is 0 Å². The van der Waals surface area contributed by atoms with E-state index in [-0.39, 0.29) is 11.1 Å². The Hall–Kier alpha value is -3.52. The molecule has 7 nitrogen and oxygen atoms in total. The number of thioether (sulfide) groups is 1. The van der Waals surface area contributed by atoms with E-state index < -0.39 is 0 Å². The number of ether oxygens (including phenoxy) is 1. The molecule has 0 saturated carbocycles. The van der Waals surface area contributed by atoms with Crippen molar-refractivity contribution in [3.05, 3.63) is 77.1 Å². The summed E-state index contributed by atoms with van der Waals surface area (Å²) >= 11 is 1.49. The van der Waals surface area contributed by atoms with Gasteiger partial charge in [-0.05, 0) is 24.3 Å². The Balaban J connectivity index is 1.46. The largest absolute Gasteiger partial charge is 0.497 e. The van der Waals surface area contributed by atoms with Crippen molar-refractivity contribution in [1.29, 1.82) is 0 Å². The van der Waals surface area contributed by atoms with Crippen LogP contribution in [0.4, 0.5) is 0 Å². The minimum atomic E-state index is -0.280. The number of hydrogen-bond acceptors (Lipinski definition) is 6. The Morgan fingerprint density at radius 2 is 2.10 bits per heavy atom. The molecule has 0 radical (unpaired) electrons. The van der Waals surface area contributed by atoms with Crippen molar-refractivity contribution >= 4 is 33.8 Å². The van der Waals surface area contributed by atoms with Gasteiger partial charge in [0.1, 0.15) is 22.7 Å². The highest BCUT2D eigenvalue weighted by atomic mass is 32.2. The van der Waals surface area contributed by atoms with Crippen LogP contribution in [0.5, 0.6) is 5.75 Å². The van der Waals surface area contributed by atoms with E-state index in [4.69, 9.17) is 9.15 Å². The highest BCUT2D eigenvalue weighted by molar-refractivity contribution is 7.98. The third-order valence-electron chi connectivity index (χ3n) is 4.56. The first kappa shape index (κ1) is 17.6. The number of methoxy groups -OCH3 is 1. The van der Waals surface area contributed by atoms with E-state index in [2.05, 4.69) is 15.0 Å². The van der Waals surface area contributed by atoms with Gasteiger partial charge in [0.05, 0.1) is 18.6 Å². The molecule has 0 bridgehead atoms. The van der Waals surface area contributed by atoms with Gasteiger partial charge < -0.3 is 14.1 Å². The Morgan fingerprint density at radius 3 is 3.00 bits per heavy atom. The van der Waals surface area contributed by atoms with Crippen molar-refractivity contribution in [2.75, 3.05) is 7.11 Å². The molecule has 3 aromatic heterocycles. The van der Waals surface area contributed by atoms with Crippen LogP contribution in [0, 0.1) is 0 Å². The molecule has 0 spiro atoms. The van der Waals surface area contributed by atoms with Crippen LogP contribution in [-0.2, 0) is 5.75 Å². The third kappa shape index (κ3) is 3.17. The Kier molecular flexibility index (Phi) is 4.33. The maximum absolute atomic E-state index is 12.5. The van der Waals surface area contributed by atoms with E-state index in [0.717, 1.165) is 22.0 Å². The van der Waals surface area contributed by atoms with E-state index in [9.17, 15) is 4.79 Å². The number of fused-ring (bicyclic) bond motifs is 3. The Bertz CT molecular complexity index is 1390. The second-order valence-electron chi connectivity index (χ2n) is 6.36. The van der Waals surface area contributed by atoms with E-state index >= 15 is 0 Å². The zero-order valence-corrected chi connectivity index (χ0v) is 16.3. The molecule has 0 unspecified atom stereocenters. The fraction of sp³-hybridized carbons (Fsp3) is 0.0952. The van der Waals surface area contributed by atoms with Crippen molar-refractivity contribution < 1.29 is 9.15 Å². The first-order valence-electron chi connectivity index (χ1n) is 8.94. The molecule has 0 amide bonds. The molecule has 8 heteroatoms. The summed E-state index contributed by atoms with van der Waals surface area (Å²) in [6.07, 6.45) is 3.63. The van der Waals surface area contributed by atoms with Gasteiger partial charge in [-0.1, -0.05) is 30.0 Å². The molecule has 0 saturated heterocycles. The normalized spacial score (nSPS) is 11.3. The molecular formula is C21H16N4O3S. The SMILES string of the molecule is COc1cccc(-n2ccnc2SCc2nc3c(oc4ccccc43)c(=O)[nH]2)c1. The smallest absolute Gasteiger partial charge is 0.294 e. The van der Waals surface area contributed by atoms with Crippen molar-refractivity contribution in [1.82, 2.24) is 19.5 Å². The molecule has 2 aromatic carbocycles. The number of rotatable bonds is 5. The lowest BCUT2D eigenvalue weighted by atomic mass is 10.2. The molecule has 3 heterocycles. The molecule has 144 valence electrons. The summed E-state index contributed by atoms with van der Waals surface area (Å²) in [7, 11) is 1.64. The maximum atomic E-state index is 12.5. The van der Waals surface area contributed by atoms with Crippen molar-refractivity contribution in [3.8, 4) is 11.4 Å². The maximum Gasteiger partial charge on any atom is 0.294 e. The Labute approximate surface area is 169 Å². The van der Waals surface area contributed by atoms with Gasteiger partial charge in [0.15, 0.2) is 5.16 Å². The molecule has 5 rings (SSSR count). The summed E-state index contributed by atoms with van der Waals surface area (Å²) in [6.45, 7) is 0. The molecule has 0 aliphatic carbocycles. The van der Waals surface area contributed by atoms with Crippen LogP contribution < -0.4 is 10.3 Å². The number of nitrogens with zero attached hydrogens (tertiary/aromatic N) is 3. The van der Waals surface area contributed by atoms with Crippen LogP contribution >= 0.6 is 11.8 Å². The number of nitrogens with one attached hydrogen (secondary N) is 1. The molecule has 1 N–H and O–H groups in total. The van der Waals surface area contributed by atoms with Crippen LogP contribution in [0.15, 0.2) is 75.3 Å². The lowest BCUT2D eigenvalue weighted by Crippen LogP contribution is -2.10. The number of imidazole rings is 1. The van der Waals surface area contributed by atoms with Crippen LogP contribution in [0.25, 0.3) is 27.8 Å². The number of benzene rings is 2. The summed E-state index contributed by atoms with van der Waals surface area (Å²) in [4.78, 5) is 24.3. The van der Waals surface area contributed by atoms with Gasteiger partial charge in [0.2, 0.25) is 5.58 Å². The number of H-pyrrole nitrogens is 1. The van der Waals surface area contributed by atoms with Crippen molar-refractivity contribution in [2.45, 2.75) is 10.9 Å². The number of furan rings is 1. The van der Waals surface area contributed by atoms with Gasteiger partial charge in [0.25, 0.3) is 5.56 Å². The fourth-order valence-corrected chi connectivity index (χ4v) is 4.05. The summed E-state index contributed by atoms with van der Waals surface area (Å²) in [5, 5.41) is 1.62. The van der Waals surface area contributed by atoms with Crippen LogP contribution in [0.2, 0.25) is 0 Å². The fourth-order valence-electron chi connectivity index (χ4n) is 3.20. The molecule has 0 fully saturated rings. The minimum Gasteiger partial charge on any atom is -0.497 e. The highest BCUT2D eigenvalue weighted by Gasteiger charge is 2.14. The average molecular weight is 404 g/mol. The zero-order chi connectivity index (χ0) is 19.8. The Morgan fingerprint density at radius 1 is 1.21 bits per heavy atom. The van der Waals surface area contributed by atoms with Crippen LogP contribution in [0.1, 0.15) is 5.82 Å². The zero-order valence-electron chi connectivity index (χ0n) is 15.5. The highest BCUT2D eigenvalue weighted by Crippen LogP contribution is 2.27. The number of aromatic nitrogens is 4. The predicted octanol–water partition coefficient (Wildman–Crippen LogP) is 4.16. The van der Waals surface area contributed by atoms with E-state index in [0.29, 0.717) is 22.7 Å². The van der Waals surface area contributed by atoms with Gasteiger partial charge in [-0.25, -0.2) is 9.97 Å². The minimum absolute atomic E-state index is 0.248. The summed E-state index contributed by atoms with van der Waals surface area (Å²) in [5.74, 6) is 1.81. The number of para-hydroxylation sites is 1. The van der Waals surface area contributed by atoms with Gasteiger partial charge in [0, 0.05) is 23.8 Å². The van der Waals surface area contributed by atoms with E-state index in [1.807, 2.05) is 59.3 Å². The van der Waals surface area contributed by atoms with Crippen LogP contribution in [-0.4, -0.2) is 26.6 Å². The van der Waals surface area contributed by atoms with E-state index in [1.54, 1.807) is 13.3 Å². The molecule has 0 aliphatic heterocycles. The second-order valence-corrected chi connectivity index (χ2v) is 7.30. The third-order valence-corrected chi connectivity index (χ3v) is 5.53. The lowest BCUT2D eigenvalue weighted by molar-refractivity contribution is 0.414. The van der Waals surface area contributed by atoms with Crippen molar-refractivity contribution in [2.24, 2.45) is 0 Å². The van der Waals surface area contributed by atoms with Gasteiger partial charge in [-0.2, -0.15) is 0 Å². The number of aromatic amines is 1. The van der Waals surface area contributed by atoms with Crippen LogP contribution in [0.3, 0.4) is 0 Å². The second kappa shape index (κ2) is 7.14. The van der Waals surface area contributed by atoms with Gasteiger partial charge in [-0.3, -0.25) is 9.36 Å².